The molecule has 24 heavy (non-hydrogen) atoms. The van der Waals surface area contributed by atoms with E-state index in [0.717, 1.165) is 25.7 Å². The van der Waals surface area contributed by atoms with Gasteiger partial charge in [0.1, 0.15) is 0 Å². The molecule has 5 heteroatoms. The topological polar surface area (TPSA) is 79.5 Å². The molecule has 2 aliphatic rings. The number of carbonyl (C=O) groups is 1. The number of ether oxygens (including phenoxy) is 2. The molecule has 2 unspecified atom stereocenters. The molecule has 1 N–H and O–H groups in total. The Morgan fingerprint density at radius 1 is 1.29 bits per heavy atom. The Bertz CT molecular complexity index is 445. The number of carboxylic acids is 1. The van der Waals surface area contributed by atoms with Crippen LogP contribution in [0.25, 0.3) is 0 Å². The van der Waals surface area contributed by atoms with Crippen LogP contribution >= 0.6 is 0 Å². The number of nitrogens with zero attached hydrogens (tertiary/aromatic N) is 1. The maximum absolute atomic E-state index is 11.1. The SMILES string of the molecule is COC(C)C(CCC1(C#N)CCC(C(=O)O)CC1)OC1CCCC1. The number of methoxy groups -OCH3 is 1. The molecular formula is C19H31NO4. The van der Waals surface area contributed by atoms with Gasteiger partial charge in [-0.05, 0) is 58.3 Å². The third-order valence-electron chi connectivity index (χ3n) is 6.00. The highest BCUT2D eigenvalue weighted by Crippen LogP contribution is 2.43. The average Bonchev–Trinajstić information content (AvgIpc) is 3.11. The second-order valence-corrected chi connectivity index (χ2v) is 7.57. The van der Waals surface area contributed by atoms with Crippen molar-refractivity contribution in [3.8, 4) is 6.07 Å². The normalized spacial score (nSPS) is 30.6. The minimum Gasteiger partial charge on any atom is -0.481 e. The van der Waals surface area contributed by atoms with Crippen molar-refractivity contribution < 1.29 is 19.4 Å². The number of aliphatic carboxylic acids is 1. The number of carboxylic acid groups (broad SMARTS) is 1. The molecule has 0 saturated heterocycles. The first-order chi connectivity index (χ1) is 11.5. The summed E-state index contributed by atoms with van der Waals surface area (Å²) in [6.07, 6.45) is 9.20. The van der Waals surface area contributed by atoms with Crippen LogP contribution < -0.4 is 0 Å². The van der Waals surface area contributed by atoms with Crippen molar-refractivity contribution in [2.24, 2.45) is 11.3 Å². The molecule has 2 aliphatic carbocycles. The van der Waals surface area contributed by atoms with Crippen LogP contribution in [0.5, 0.6) is 0 Å². The van der Waals surface area contributed by atoms with E-state index in [1.165, 1.54) is 12.8 Å². The van der Waals surface area contributed by atoms with Gasteiger partial charge in [0.25, 0.3) is 0 Å². The molecule has 0 heterocycles. The van der Waals surface area contributed by atoms with Crippen LogP contribution in [0, 0.1) is 22.7 Å². The van der Waals surface area contributed by atoms with Crippen molar-refractivity contribution in [1.29, 1.82) is 5.26 Å². The molecule has 0 aromatic rings. The summed E-state index contributed by atoms with van der Waals surface area (Å²) in [6.45, 7) is 2.03. The molecule has 0 aliphatic heterocycles. The predicted octanol–water partition coefficient (Wildman–Crippen LogP) is 3.91. The highest BCUT2D eigenvalue weighted by Gasteiger charge is 2.38. The molecule has 0 bridgehead atoms. The van der Waals surface area contributed by atoms with E-state index >= 15 is 0 Å². The van der Waals surface area contributed by atoms with E-state index < -0.39 is 11.4 Å². The van der Waals surface area contributed by atoms with Crippen molar-refractivity contribution in [2.75, 3.05) is 7.11 Å². The summed E-state index contributed by atoms with van der Waals surface area (Å²) in [5.74, 6) is -1.01. The monoisotopic (exact) mass is 337 g/mol. The molecule has 2 saturated carbocycles. The fourth-order valence-electron chi connectivity index (χ4n) is 4.09. The van der Waals surface area contributed by atoms with E-state index in [-0.39, 0.29) is 18.1 Å². The molecule has 0 radical (unpaired) electrons. The molecule has 0 spiro atoms. The third-order valence-corrected chi connectivity index (χ3v) is 6.00. The highest BCUT2D eigenvalue weighted by atomic mass is 16.5. The molecular weight excluding hydrogens is 306 g/mol. The van der Waals surface area contributed by atoms with Gasteiger partial charge in [0.15, 0.2) is 0 Å². The minimum absolute atomic E-state index is 0.0108. The van der Waals surface area contributed by atoms with Gasteiger partial charge in [-0.1, -0.05) is 12.8 Å². The molecule has 136 valence electrons. The summed E-state index contributed by atoms with van der Waals surface area (Å²) >= 11 is 0. The van der Waals surface area contributed by atoms with Gasteiger partial charge in [-0.3, -0.25) is 4.79 Å². The van der Waals surface area contributed by atoms with E-state index in [2.05, 4.69) is 6.07 Å². The van der Waals surface area contributed by atoms with E-state index in [4.69, 9.17) is 14.6 Å². The lowest BCUT2D eigenvalue weighted by Gasteiger charge is -2.35. The smallest absolute Gasteiger partial charge is 0.306 e. The zero-order chi connectivity index (χ0) is 17.6. The lowest BCUT2D eigenvalue weighted by Crippen LogP contribution is -2.35. The van der Waals surface area contributed by atoms with Crippen molar-refractivity contribution in [3.63, 3.8) is 0 Å². The van der Waals surface area contributed by atoms with Gasteiger partial charge in [0.05, 0.1) is 35.7 Å². The Balaban J connectivity index is 1.91. The highest BCUT2D eigenvalue weighted by molar-refractivity contribution is 5.70. The molecule has 0 aromatic carbocycles. The maximum atomic E-state index is 11.1. The van der Waals surface area contributed by atoms with Gasteiger partial charge < -0.3 is 14.6 Å². The van der Waals surface area contributed by atoms with Crippen LogP contribution in [0.2, 0.25) is 0 Å². The third kappa shape index (κ3) is 4.94. The zero-order valence-corrected chi connectivity index (χ0v) is 15.0. The number of nitriles is 1. The average molecular weight is 337 g/mol. The first-order valence-corrected chi connectivity index (χ1v) is 9.32. The van der Waals surface area contributed by atoms with Gasteiger partial charge in [0.2, 0.25) is 0 Å². The summed E-state index contributed by atoms with van der Waals surface area (Å²) in [5, 5.41) is 18.8. The quantitative estimate of drug-likeness (QED) is 0.726. The van der Waals surface area contributed by atoms with Gasteiger partial charge in [0, 0.05) is 7.11 Å². The number of hydrogen-bond acceptors (Lipinski definition) is 4. The lowest BCUT2D eigenvalue weighted by atomic mass is 9.68. The zero-order valence-electron chi connectivity index (χ0n) is 15.0. The first kappa shape index (κ1) is 19.2. The van der Waals surface area contributed by atoms with Gasteiger partial charge >= 0.3 is 5.97 Å². The number of rotatable bonds is 8. The summed E-state index contributed by atoms with van der Waals surface area (Å²) in [7, 11) is 1.70. The Labute approximate surface area is 145 Å². The van der Waals surface area contributed by atoms with Crippen LogP contribution in [-0.4, -0.2) is 36.5 Å². The first-order valence-electron chi connectivity index (χ1n) is 9.32. The Hall–Kier alpha value is -1.12. The van der Waals surface area contributed by atoms with Crippen LogP contribution in [0.4, 0.5) is 0 Å². The van der Waals surface area contributed by atoms with Gasteiger partial charge in [-0.15, -0.1) is 0 Å². The Morgan fingerprint density at radius 3 is 2.42 bits per heavy atom. The summed E-state index contributed by atoms with van der Waals surface area (Å²) < 4.78 is 11.8. The van der Waals surface area contributed by atoms with Crippen LogP contribution in [0.15, 0.2) is 0 Å². The molecule has 2 atom stereocenters. The second-order valence-electron chi connectivity index (χ2n) is 7.57. The maximum Gasteiger partial charge on any atom is 0.306 e. The van der Waals surface area contributed by atoms with Crippen LogP contribution in [0.1, 0.15) is 71.1 Å². The molecule has 2 rings (SSSR count). The fraction of sp³-hybridized carbons (Fsp3) is 0.895. The van der Waals surface area contributed by atoms with Crippen molar-refractivity contribution in [2.45, 2.75) is 89.4 Å². The van der Waals surface area contributed by atoms with E-state index in [9.17, 15) is 10.1 Å². The molecule has 0 amide bonds. The summed E-state index contributed by atoms with van der Waals surface area (Å²) in [6, 6.07) is 2.49. The second kappa shape index (κ2) is 8.82. The summed E-state index contributed by atoms with van der Waals surface area (Å²) in [4.78, 5) is 11.1. The van der Waals surface area contributed by atoms with Crippen molar-refractivity contribution in [3.05, 3.63) is 0 Å². The molecule has 0 aromatic heterocycles. The Morgan fingerprint density at radius 2 is 1.92 bits per heavy atom. The number of hydrogen-bond donors (Lipinski definition) is 1. The molecule has 5 nitrogen and oxygen atoms in total. The van der Waals surface area contributed by atoms with Gasteiger partial charge in [-0.2, -0.15) is 5.26 Å². The van der Waals surface area contributed by atoms with Crippen LogP contribution in [-0.2, 0) is 14.3 Å². The summed E-state index contributed by atoms with van der Waals surface area (Å²) in [5.41, 5.74) is -0.392. The van der Waals surface area contributed by atoms with E-state index in [0.29, 0.717) is 31.8 Å². The van der Waals surface area contributed by atoms with Crippen molar-refractivity contribution in [1.82, 2.24) is 0 Å². The Kier molecular flexibility index (Phi) is 7.06. The minimum atomic E-state index is -0.725. The molecule has 2 fully saturated rings. The van der Waals surface area contributed by atoms with Crippen molar-refractivity contribution >= 4 is 5.97 Å². The van der Waals surface area contributed by atoms with Crippen LogP contribution in [0.3, 0.4) is 0 Å². The van der Waals surface area contributed by atoms with E-state index in [1.807, 2.05) is 6.92 Å². The largest absolute Gasteiger partial charge is 0.481 e. The lowest BCUT2D eigenvalue weighted by molar-refractivity contribution is -0.143. The predicted molar refractivity (Wildman–Crippen MR) is 90.5 cm³/mol. The van der Waals surface area contributed by atoms with Gasteiger partial charge in [-0.25, -0.2) is 0 Å². The standard InChI is InChI=1S/C19H31NO4/c1-14(23-2)17(24-16-5-3-4-6-16)9-12-19(13-20)10-7-15(8-11-19)18(21)22/h14-17H,3-12H2,1-2H3,(H,21,22). The van der Waals surface area contributed by atoms with E-state index in [1.54, 1.807) is 7.11 Å². The fourth-order valence-corrected chi connectivity index (χ4v) is 4.09.